The van der Waals surface area contributed by atoms with Crippen LogP contribution in [0.15, 0.2) is 45.6 Å². The van der Waals surface area contributed by atoms with Crippen molar-refractivity contribution in [1.82, 2.24) is 5.32 Å². The Kier molecular flexibility index (Phi) is 6.60. The van der Waals surface area contributed by atoms with Gasteiger partial charge >= 0.3 is 5.63 Å². The van der Waals surface area contributed by atoms with E-state index < -0.39 is 0 Å². The molecule has 2 aromatic carbocycles. The fourth-order valence-corrected chi connectivity index (χ4v) is 3.65. The van der Waals surface area contributed by atoms with Gasteiger partial charge in [-0.05, 0) is 72.3 Å². The lowest BCUT2D eigenvalue weighted by molar-refractivity contribution is 0.354. The zero-order valence-electron chi connectivity index (χ0n) is 17.8. The monoisotopic (exact) mass is 395 g/mol. The van der Waals surface area contributed by atoms with Crippen LogP contribution in [-0.4, -0.2) is 20.8 Å². The number of nitrogens with one attached hydrogen (secondary N) is 1. The van der Waals surface area contributed by atoms with Crippen LogP contribution in [0, 0.1) is 6.92 Å². The Morgan fingerprint density at radius 3 is 2.48 bits per heavy atom. The summed E-state index contributed by atoms with van der Waals surface area (Å²) in [7, 11) is 3.27. The molecule has 1 aromatic heterocycles. The SMILES string of the molecule is COc1ccc(CCNCc2cc(=O)oc3cc(C)c(C(C)C)cc23)cc1OC. The fourth-order valence-electron chi connectivity index (χ4n) is 3.65. The van der Waals surface area contributed by atoms with E-state index in [2.05, 4.69) is 32.2 Å². The number of hydrogen-bond donors (Lipinski definition) is 1. The maximum absolute atomic E-state index is 12.0. The summed E-state index contributed by atoms with van der Waals surface area (Å²) >= 11 is 0. The molecular weight excluding hydrogens is 366 g/mol. The van der Waals surface area contributed by atoms with Crippen LogP contribution in [0.2, 0.25) is 0 Å². The van der Waals surface area contributed by atoms with Crippen molar-refractivity contribution >= 4 is 11.0 Å². The van der Waals surface area contributed by atoms with E-state index in [4.69, 9.17) is 13.9 Å². The van der Waals surface area contributed by atoms with Gasteiger partial charge in [0, 0.05) is 18.0 Å². The number of benzene rings is 2. The average molecular weight is 395 g/mol. The maximum atomic E-state index is 12.0. The highest BCUT2D eigenvalue weighted by molar-refractivity contribution is 5.82. The molecule has 0 saturated carbocycles. The molecule has 1 heterocycles. The molecule has 0 fully saturated rings. The Bertz CT molecular complexity index is 1050. The lowest BCUT2D eigenvalue weighted by Gasteiger charge is -2.13. The Balaban J connectivity index is 1.73. The van der Waals surface area contributed by atoms with E-state index in [1.165, 1.54) is 5.56 Å². The number of ether oxygens (including phenoxy) is 2. The molecule has 3 aromatic rings. The van der Waals surface area contributed by atoms with Crippen LogP contribution < -0.4 is 20.4 Å². The molecule has 0 radical (unpaired) electrons. The van der Waals surface area contributed by atoms with Gasteiger partial charge in [-0.2, -0.15) is 0 Å². The summed E-state index contributed by atoms with van der Waals surface area (Å²) in [6, 6.07) is 11.7. The van der Waals surface area contributed by atoms with Crippen LogP contribution in [-0.2, 0) is 13.0 Å². The largest absolute Gasteiger partial charge is 0.493 e. The fraction of sp³-hybridized carbons (Fsp3) is 0.375. The highest BCUT2D eigenvalue weighted by Crippen LogP contribution is 2.28. The Labute approximate surface area is 171 Å². The van der Waals surface area contributed by atoms with Crippen LogP contribution in [0.3, 0.4) is 0 Å². The standard InChI is InChI=1S/C24H29NO4/c1-15(2)19-13-20-18(12-24(26)29-22(20)10-16(19)3)14-25-9-8-17-6-7-21(27-4)23(11-17)28-5/h6-7,10-13,15,25H,8-9,14H2,1-5H3. The Morgan fingerprint density at radius 1 is 1.03 bits per heavy atom. The molecule has 0 aliphatic heterocycles. The van der Waals surface area contributed by atoms with Gasteiger partial charge in [-0.3, -0.25) is 0 Å². The van der Waals surface area contributed by atoms with E-state index in [1.54, 1.807) is 20.3 Å². The molecule has 0 atom stereocenters. The molecule has 5 nitrogen and oxygen atoms in total. The van der Waals surface area contributed by atoms with Gasteiger partial charge in [0.25, 0.3) is 0 Å². The predicted octanol–water partition coefficient (Wildman–Crippen LogP) is 4.57. The summed E-state index contributed by atoms with van der Waals surface area (Å²) < 4.78 is 16.1. The van der Waals surface area contributed by atoms with E-state index in [-0.39, 0.29) is 5.63 Å². The van der Waals surface area contributed by atoms with E-state index in [1.807, 2.05) is 24.3 Å². The second kappa shape index (κ2) is 9.14. The molecule has 1 N–H and O–H groups in total. The minimum Gasteiger partial charge on any atom is -0.493 e. The van der Waals surface area contributed by atoms with Crippen molar-refractivity contribution in [3.8, 4) is 11.5 Å². The van der Waals surface area contributed by atoms with Gasteiger partial charge in [0.15, 0.2) is 11.5 Å². The molecule has 0 saturated heterocycles. The summed E-state index contributed by atoms with van der Waals surface area (Å²) in [5, 5.41) is 4.44. The van der Waals surface area contributed by atoms with Crippen molar-refractivity contribution in [2.75, 3.05) is 20.8 Å². The molecule has 0 aliphatic rings. The van der Waals surface area contributed by atoms with Crippen molar-refractivity contribution in [2.45, 2.75) is 39.7 Å². The summed E-state index contributed by atoms with van der Waals surface area (Å²) in [5.74, 6) is 1.87. The van der Waals surface area contributed by atoms with Gasteiger partial charge in [-0.15, -0.1) is 0 Å². The summed E-state index contributed by atoms with van der Waals surface area (Å²) in [4.78, 5) is 12.0. The van der Waals surface area contributed by atoms with Crippen LogP contribution in [0.25, 0.3) is 11.0 Å². The third kappa shape index (κ3) is 4.80. The number of methoxy groups -OCH3 is 2. The minimum atomic E-state index is -0.314. The highest BCUT2D eigenvalue weighted by atomic mass is 16.5. The van der Waals surface area contributed by atoms with Gasteiger partial charge in [-0.1, -0.05) is 19.9 Å². The molecule has 0 aliphatic carbocycles. The van der Waals surface area contributed by atoms with Crippen LogP contribution in [0.4, 0.5) is 0 Å². The third-order valence-corrected chi connectivity index (χ3v) is 5.19. The Hall–Kier alpha value is -2.79. The first-order chi connectivity index (χ1) is 13.9. The topological polar surface area (TPSA) is 60.7 Å². The summed E-state index contributed by atoms with van der Waals surface area (Å²) in [5.41, 5.74) is 4.88. The highest BCUT2D eigenvalue weighted by Gasteiger charge is 2.11. The van der Waals surface area contributed by atoms with Crippen molar-refractivity contribution in [3.63, 3.8) is 0 Å². The summed E-state index contributed by atoms with van der Waals surface area (Å²) in [6.07, 6.45) is 0.843. The number of rotatable bonds is 8. The first-order valence-corrected chi connectivity index (χ1v) is 9.91. The molecular formula is C24H29NO4. The smallest absolute Gasteiger partial charge is 0.336 e. The van der Waals surface area contributed by atoms with E-state index in [0.717, 1.165) is 46.5 Å². The third-order valence-electron chi connectivity index (χ3n) is 5.19. The van der Waals surface area contributed by atoms with Gasteiger partial charge in [-0.25, -0.2) is 4.79 Å². The average Bonchev–Trinajstić information content (AvgIpc) is 2.69. The van der Waals surface area contributed by atoms with Crippen LogP contribution in [0.5, 0.6) is 11.5 Å². The zero-order valence-corrected chi connectivity index (χ0v) is 17.8. The van der Waals surface area contributed by atoms with Crippen molar-refractivity contribution in [2.24, 2.45) is 0 Å². The van der Waals surface area contributed by atoms with Gasteiger partial charge in [0.05, 0.1) is 14.2 Å². The van der Waals surface area contributed by atoms with Crippen LogP contribution in [0.1, 0.15) is 42.0 Å². The van der Waals surface area contributed by atoms with E-state index >= 15 is 0 Å². The second-order valence-corrected chi connectivity index (χ2v) is 7.57. The normalized spacial score (nSPS) is 11.2. The van der Waals surface area contributed by atoms with E-state index in [9.17, 15) is 4.79 Å². The van der Waals surface area contributed by atoms with Gasteiger partial charge in [0.2, 0.25) is 0 Å². The quantitative estimate of drug-likeness (QED) is 0.447. The number of hydrogen-bond acceptors (Lipinski definition) is 5. The maximum Gasteiger partial charge on any atom is 0.336 e. The van der Waals surface area contributed by atoms with E-state index in [0.29, 0.717) is 18.0 Å². The number of aryl methyl sites for hydroxylation is 1. The lowest BCUT2D eigenvalue weighted by atomic mass is 9.95. The number of fused-ring (bicyclic) bond motifs is 1. The molecule has 3 rings (SSSR count). The van der Waals surface area contributed by atoms with Crippen molar-refractivity contribution < 1.29 is 13.9 Å². The van der Waals surface area contributed by atoms with Crippen molar-refractivity contribution in [3.05, 3.63) is 69.1 Å². The van der Waals surface area contributed by atoms with Crippen molar-refractivity contribution in [1.29, 1.82) is 0 Å². The molecule has 5 heteroatoms. The first kappa shape index (κ1) is 20.9. The first-order valence-electron chi connectivity index (χ1n) is 9.91. The summed E-state index contributed by atoms with van der Waals surface area (Å²) in [6.45, 7) is 7.79. The second-order valence-electron chi connectivity index (χ2n) is 7.57. The molecule has 0 amide bonds. The van der Waals surface area contributed by atoms with Gasteiger partial charge in [0.1, 0.15) is 5.58 Å². The molecule has 0 bridgehead atoms. The minimum absolute atomic E-state index is 0.314. The Morgan fingerprint density at radius 2 is 1.79 bits per heavy atom. The lowest BCUT2D eigenvalue weighted by Crippen LogP contribution is -2.18. The van der Waals surface area contributed by atoms with Gasteiger partial charge < -0.3 is 19.2 Å². The molecule has 0 spiro atoms. The predicted molar refractivity (Wildman–Crippen MR) is 116 cm³/mol. The zero-order chi connectivity index (χ0) is 21.0. The van der Waals surface area contributed by atoms with Crippen LogP contribution >= 0.6 is 0 Å². The molecule has 154 valence electrons. The molecule has 0 unspecified atom stereocenters. The molecule has 29 heavy (non-hydrogen) atoms.